The van der Waals surface area contributed by atoms with E-state index in [-0.39, 0.29) is 16.8 Å². The van der Waals surface area contributed by atoms with E-state index in [2.05, 4.69) is 5.32 Å². The number of hydrogen-bond donors (Lipinski definition) is 1. The highest BCUT2D eigenvalue weighted by molar-refractivity contribution is 7.91. The molecule has 82 valence electrons. The van der Waals surface area contributed by atoms with Gasteiger partial charge in [-0.3, -0.25) is 0 Å². The van der Waals surface area contributed by atoms with Gasteiger partial charge in [-0.2, -0.15) is 0 Å². The van der Waals surface area contributed by atoms with Crippen molar-refractivity contribution in [3.8, 4) is 0 Å². The number of benzene rings is 1. The Hall–Kier alpha value is -0.940. The fourth-order valence-corrected chi connectivity index (χ4v) is 3.08. The molecule has 0 radical (unpaired) electrons. The summed E-state index contributed by atoms with van der Waals surface area (Å²) in [6.07, 6.45) is 0. The first-order chi connectivity index (χ1) is 7.08. The Morgan fingerprint density at radius 2 is 1.87 bits per heavy atom. The second-order valence-electron chi connectivity index (χ2n) is 3.71. The monoisotopic (exact) mass is 229 g/mol. The standard InChI is InChI=1S/C10H12FNO2S/c11-9-3-1-8(2-4-9)7-15(13,14)10-5-12-6-10/h1-4,10,12H,5-7H2. The summed E-state index contributed by atoms with van der Waals surface area (Å²) in [5.74, 6) is -0.346. The minimum absolute atomic E-state index is 0.000370. The summed E-state index contributed by atoms with van der Waals surface area (Å²) in [4.78, 5) is 0. The third-order valence-corrected chi connectivity index (χ3v) is 4.62. The highest BCUT2D eigenvalue weighted by Gasteiger charge is 2.30. The lowest BCUT2D eigenvalue weighted by Gasteiger charge is -2.26. The molecule has 3 nitrogen and oxygen atoms in total. The van der Waals surface area contributed by atoms with Crippen LogP contribution >= 0.6 is 0 Å². The average molecular weight is 229 g/mol. The van der Waals surface area contributed by atoms with Crippen molar-refractivity contribution in [3.05, 3.63) is 35.6 Å². The zero-order valence-electron chi connectivity index (χ0n) is 8.11. The van der Waals surface area contributed by atoms with Gasteiger partial charge in [0.25, 0.3) is 0 Å². The first-order valence-corrected chi connectivity index (χ1v) is 6.46. The van der Waals surface area contributed by atoms with E-state index in [9.17, 15) is 12.8 Å². The van der Waals surface area contributed by atoms with Crippen LogP contribution in [0.1, 0.15) is 5.56 Å². The molecule has 1 aromatic carbocycles. The third-order valence-electron chi connectivity index (χ3n) is 2.53. The highest BCUT2D eigenvalue weighted by atomic mass is 32.2. The molecule has 0 unspecified atom stereocenters. The normalized spacial score (nSPS) is 17.4. The van der Waals surface area contributed by atoms with E-state index >= 15 is 0 Å². The number of halogens is 1. The number of hydrogen-bond acceptors (Lipinski definition) is 3. The number of nitrogens with one attached hydrogen (secondary N) is 1. The Morgan fingerprint density at radius 1 is 1.27 bits per heavy atom. The van der Waals surface area contributed by atoms with Crippen LogP contribution in [0, 0.1) is 5.82 Å². The molecule has 1 heterocycles. The SMILES string of the molecule is O=S(=O)(Cc1ccc(F)cc1)C1CNC1. The van der Waals surface area contributed by atoms with Crippen LogP contribution in [0.4, 0.5) is 4.39 Å². The van der Waals surface area contributed by atoms with Gasteiger partial charge in [-0.25, -0.2) is 12.8 Å². The summed E-state index contributed by atoms with van der Waals surface area (Å²) in [6, 6.07) is 5.59. The largest absolute Gasteiger partial charge is 0.314 e. The van der Waals surface area contributed by atoms with Gasteiger partial charge in [-0.05, 0) is 17.7 Å². The van der Waals surface area contributed by atoms with Gasteiger partial charge in [0.15, 0.2) is 9.84 Å². The van der Waals surface area contributed by atoms with E-state index < -0.39 is 9.84 Å². The van der Waals surface area contributed by atoms with Crippen molar-refractivity contribution in [2.75, 3.05) is 13.1 Å². The van der Waals surface area contributed by atoms with E-state index in [1.807, 2.05) is 0 Å². The van der Waals surface area contributed by atoms with Crippen LogP contribution in [0.2, 0.25) is 0 Å². The Kier molecular flexibility index (Phi) is 2.75. The average Bonchev–Trinajstić information content (AvgIpc) is 2.04. The van der Waals surface area contributed by atoms with Gasteiger partial charge >= 0.3 is 0 Å². The van der Waals surface area contributed by atoms with Gasteiger partial charge in [-0.1, -0.05) is 12.1 Å². The van der Waals surface area contributed by atoms with Gasteiger partial charge in [0.1, 0.15) is 5.82 Å². The quantitative estimate of drug-likeness (QED) is 0.830. The summed E-state index contributed by atoms with van der Waals surface area (Å²) in [5, 5.41) is 2.65. The molecular formula is C10H12FNO2S. The lowest BCUT2D eigenvalue weighted by Crippen LogP contribution is -2.51. The second kappa shape index (κ2) is 3.90. The maximum absolute atomic E-state index is 12.6. The van der Waals surface area contributed by atoms with Crippen LogP contribution in [0.5, 0.6) is 0 Å². The molecule has 0 saturated carbocycles. The first-order valence-electron chi connectivity index (χ1n) is 4.75. The topological polar surface area (TPSA) is 46.2 Å². The molecule has 1 aliphatic rings. The molecular weight excluding hydrogens is 217 g/mol. The fraction of sp³-hybridized carbons (Fsp3) is 0.400. The molecule has 5 heteroatoms. The first kappa shape index (κ1) is 10.6. The van der Waals surface area contributed by atoms with Gasteiger partial charge in [-0.15, -0.1) is 0 Å². The summed E-state index contributed by atoms with van der Waals surface area (Å²) < 4.78 is 36.1. The molecule has 0 amide bonds. The Balaban J connectivity index is 2.11. The molecule has 0 spiro atoms. The fourth-order valence-electron chi connectivity index (χ4n) is 1.45. The van der Waals surface area contributed by atoms with Crippen LogP contribution in [-0.4, -0.2) is 26.8 Å². The maximum atomic E-state index is 12.6. The van der Waals surface area contributed by atoms with Gasteiger partial charge in [0.2, 0.25) is 0 Å². The van der Waals surface area contributed by atoms with Crippen LogP contribution in [0.3, 0.4) is 0 Å². The van der Waals surface area contributed by atoms with Crippen molar-refractivity contribution < 1.29 is 12.8 Å². The van der Waals surface area contributed by atoms with Crippen molar-refractivity contribution in [3.63, 3.8) is 0 Å². The molecule has 1 aliphatic heterocycles. The highest BCUT2D eigenvalue weighted by Crippen LogP contribution is 2.14. The van der Waals surface area contributed by atoms with Crippen molar-refractivity contribution in [2.24, 2.45) is 0 Å². The summed E-state index contributed by atoms with van der Waals surface area (Å²) in [7, 11) is -3.07. The van der Waals surface area contributed by atoms with E-state index in [4.69, 9.17) is 0 Å². The lowest BCUT2D eigenvalue weighted by atomic mass is 10.2. The van der Waals surface area contributed by atoms with E-state index in [1.54, 1.807) is 0 Å². The van der Waals surface area contributed by atoms with Gasteiger partial charge in [0, 0.05) is 13.1 Å². The Bertz CT molecular complexity index is 437. The predicted molar refractivity (Wildman–Crippen MR) is 55.7 cm³/mol. The van der Waals surface area contributed by atoms with Crippen LogP contribution in [0.15, 0.2) is 24.3 Å². The van der Waals surface area contributed by atoms with Crippen molar-refractivity contribution >= 4 is 9.84 Å². The zero-order valence-corrected chi connectivity index (χ0v) is 8.93. The van der Waals surface area contributed by atoms with E-state index in [0.29, 0.717) is 18.7 Å². The smallest absolute Gasteiger partial charge is 0.159 e. The van der Waals surface area contributed by atoms with Crippen molar-refractivity contribution in [1.29, 1.82) is 0 Å². The minimum Gasteiger partial charge on any atom is -0.314 e. The molecule has 1 aromatic rings. The molecule has 15 heavy (non-hydrogen) atoms. The van der Waals surface area contributed by atoms with Crippen LogP contribution in [-0.2, 0) is 15.6 Å². The van der Waals surface area contributed by atoms with Gasteiger partial charge in [0.05, 0.1) is 11.0 Å². The molecule has 0 aromatic heterocycles. The van der Waals surface area contributed by atoms with Crippen LogP contribution < -0.4 is 5.32 Å². The second-order valence-corrected chi connectivity index (χ2v) is 5.99. The van der Waals surface area contributed by atoms with Crippen molar-refractivity contribution in [1.82, 2.24) is 5.32 Å². The predicted octanol–water partition coefficient (Wildman–Crippen LogP) is 0.712. The van der Waals surface area contributed by atoms with Crippen LogP contribution in [0.25, 0.3) is 0 Å². The van der Waals surface area contributed by atoms with Gasteiger partial charge < -0.3 is 5.32 Å². The van der Waals surface area contributed by atoms with E-state index in [1.165, 1.54) is 24.3 Å². The lowest BCUT2D eigenvalue weighted by molar-refractivity contribution is 0.495. The zero-order chi connectivity index (χ0) is 10.9. The molecule has 0 aliphatic carbocycles. The molecule has 0 atom stereocenters. The molecule has 1 saturated heterocycles. The number of sulfone groups is 1. The Labute approximate surface area is 88.2 Å². The third kappa shape index (κ3) is 2.35. The molecule has 1 N–H and O–H groups in total. The summed E-state index contributed by atoms with van der Waals surface area (Å²) in [6.45, 7) is 1.06. The summed E-state index contributed by atoms with van der Waals surface area (Å²) >= 11 is 0. The maximum Gasteiger partial charge on any atom is 0.159 e. The molecule has 0 bridgehead atoms. The Morgan fingerprint density at radius 3 is 2.33 bits per heavy atom. The molecule has 2 rings (SSSR count). The van der Waals surface area contributed by atoms with E-state index in [0.717, 1.165) is 0 Å². The minimum atomic E-state index is -3.07. The van der Waals surface area contributed by atoms with Crippen molar-refractivity contribution in [2.45, 2.75) is 11.0 Å². The number of rotatable bonds is 3. The molecule has 1 fully saturated rings. The summed E-state index contributed by atoms with van der Waals surface area (Å²) in [5.41, 5.74) is 0.642.